The minimum Gasteiger partial charge on any atom is -0.387 e. The van der Waals surface area contributed by atoms with E-state index in [2.05, 4.69) is 0 Å². The van der Waals surface area contributed by atoms with Gasteiger partial charge in [-0.2, -0.15) is 0 Å². The van der Waals surface area contributed by atoms with Gasteiger partial charge in [-0.15, -0.1) is 0 Å². The van der Waals surface area contributed by atoms with E-state index in [1.54, 1.807) is 0 Å². The van der Waals surface area contributed by atoms with E-state index in [0.29, 0.717) is 12.8 Å². The molecule has 0 amide bonds. The quantitative estimate of drug-likeness (QED) is 0.898. The minimum atomic E-state index is -3.44. The van der Waals surface area contributed by atoms with Gasteiger partial charge < -0.3 is 5.11 Å². The largest absolute Gasteiger partial charge is 0.387 e. The molecule has 0 radical (unpaired) electrons. The fraction of sp³-hybridized carbons (Fsp3) is 0.500. The van der Waals surface area contributed by atoms with Crippen molar-refractivity contribution >= 4 is 9.84 Å². The maximum Gasteiger partial charge on any atom is 0.156 e. The molecule has 2 unspecified atom stereocenters. The van der Waals surface area contributed by atoms with Crippen molar-refractivity contribution < 1.29 is 22.3 Å². The third-order valence-electron chi connectivity index (χ3n) is 3.26. The molecule has 0 spiro atoms. The first-order valence-corrected chi connectivity index (χ1v) is 7.48. The van der Waals surface area contributed by atoms with Crippen LogP contribution in [0.4, 0.5) is 8.78 Å². The molecule has 1 heterocycles. The Bertz CT molecular complexity index is 542. The Morgan fingerprint density at radius 3 is 2.67 bits per heavy atom. The van der Waals surface area contributed by atoms with Crippen LogP contribution in [0.5, 0.6) is 0 Å². The molecule has 1 aliphatic heterocycles. The van der Waals surface area contributed by atoms with Gasteiger partial charge in [-0.3, -0.25) is 0 Å². The first-order valence-electron chi connectivity index (χ1n) is 5.76. The van der Waals surface area contributed by atoms with Crippen LogP contribution in [-0.2, 0) is 9.84 Å². The van der Waals surface area contributed by atoms with Crippen molar-refractivity contribution in [3.8, 4) is 0 Å². The van der Waals surface area contributed by atoms with Gasteiger partial charge in [-0.25, -0.2) is 17.2 Å². The number of hydrogen-bond acceptors (Lipinski definition) is 3. The Hall–Kier alpha value is -1.01. The molecule has 0 aliphatic carbocycles. The number of aliphatic hydroxyl groups is 1. The average molecular weight is 276 g/mol. The summed E-state index contributed by atoms with van der Waals surface area (Å²) in [5.41, 5.74) is -0.287. The Kier molecular flexibility index (Phi) is 3.68. The lowest BCUT2D eigenvalue weighted by Crippen LogP contribution is -2.34. The summed E-state index contributed by atoms with van der Waals surface area (Å²) in [6.07, 6.45) is -0.0138. The van der Waals surface area contributed by atoms with Gasteiger partial charge in [0.25, 0.3) is 0 Å². The normalized spacial score (nSPS) is 24.7. The van der Waals surface area contributed by atoms with Crippen molar-refractivity contribution in [2.45, 2.75) is 30.6 Å². The van der Waals surface area contributed by atoms with Gasteiger partial charge in [0.05, 0.1) is 17.1 Å². The molecule has 0 aromatic heterocycles. The highest BCUT2D eigenvalue weighted by Crippen LogP contribution is 2.32. The van der Waals surface area contributed by atoms with Gasteiger partial charge in [0.2, 0.25) is 0 Å². The summed E-state index contributed by atoms with van der Waals surface area (Å²) in [6.45, 7) is 0. The molecule has 1 N–H and O–H groups in total. The fourth-order valence-electron chi connectivity index (χ4n) is 2.28. The van der Waals surface area contributed by atoms with Gasteiger partial charge in [-0.05, 0) is 31.0 Å². The molecule has 1 aliphatic rings. The predicted molar refractivity (Wildman–Crippen MR) is 62.7 cm³/mol. The zero-order chi connectivity index (χ0) is 13.3. The first-order chi connectivity index (χ1) is 8.42. The Labute approximate surface area is 104 Å². The number of halogens is 2. The lowest BCUT2D eigenvalue weighted by Gasteiger charge is -2.27. The topological polar surface area (TPSA) is 54.4 Å². The van der Waals surface area contributed by atoms with Crippen LogP contribution >= 0.6 is 0 Å². The van der Waals surface area contributed by atoms with Gasteiger partial charge in [0.1, 0.15) is 11.6 Å². The van der Waals surface area contributed by atoms with Crippen molar-refractivity contribution in [3.63, 3.8) is 0 Å². The van der Waals surface area contributed by atoms with E-state index in [0.717, 1.165) is 18.2 Å². The monoisotopic (exact) mass is 276 g/mol. The SMILES string of the molecule is O=S1(=O)CCCCC1C(O)c1cc(F)ccc1F. The van der Waals surface area contributed by atoms with Gasteiger partial charge in [0, 0.05) is 5.56 Å². The summed E-state index contributed by atoms with van der Waals surface area (Å²) in [7, 11) is -3.44. The van der Waals surface area contributed by atoms with E-state index in [-0.39, 0.29) is 17.7 Å². The minimum absolute atomic E-state index is 0.00827. The van der Waals surface area contributed by atoms with Gasteiger partial charge >= 0.3 is 0 Å². The number of sulfone groups is 1. The van der Waals surface area contributed by atoms with Crippen LogP contribution in [0, 0.1) is 11.6 Å². The first kappa shape index (κ1) is 13.4. The number of hydrogen-bond donors (Lipinski definition) is 1. The second kappa shape index (κ2) is 4.93. The van der Waals surface area contributed by atoms with Gasteiger partial charge in [0.15, 0.2) is 9.84 Å². The van der Waals surface area contributed by atoms with Crippen molar-refractivity contribution in [2.24, 2.45) is 0 Å². The molecule has 2 rings (SSSR count). The molecular weight excluding hydrogens is 262 g/mol. The summed E-state index contributed by atoms with van der Waals surface area (Å²) in [4.78, 5) is 0. The molecule has 1 saturated heterocycles. The maximum atomic E-state index is 13.5. The van der Waals surface area contributed by atoms with Crippen LogP contribution in [-0.4, -0.2) is 24.5 Å². The van der Waals surface area contributed by atoms with Gasteiger partial charge in [-0.1, -0.05) is 6.42 Å². The van der Waals surface area contributed by atoms with Crippen molar-refractivity contribution in [1.29, 1.82) is 0 Å². The second-order valence-corrected chi connectivity index (χ2v) is 6.85. The van der Waals surface area contributed by atoms with Crippen molar-refractivity contribution in [1.82, 2.24) is 0 Å². The zero-order valence-electron chi connectivity index (χ0n) is 9.64. The molecule has 0 saturated carbocycles. The van der Waals surface area contributed by atoms with E-state index in [1.165, 1.54) is 0 Å². The van der Waals surface area contributed by atoms with E-state index >= 15 is 0 Å². The Morgan fingerprint density at radius 2 is 2.00 bits per heavy atom. The zero-order valence-corrected chi connectivity index (χ0v) is 10.5. The molecule has 2 atom stereocenters. The van der Waals surface area contributed by atoms with Crippen molar-refractivity contribution in [2.75, 3.05) is 5.75 Å². The number of benzene rings is 1. The molecule has 3 nitrogen and oxygen atoms in total. The third-order valence-corrected chi connectivity index (χ3v) is 5.53. The summed E-state index contributed by atoms with van der Waals surface area (Å²) in [5.74, 6) is -1.49. The lowest BCUT2D eigenvalue weighted by molar-refractivity contribution is 0.159. The maximum absolute atomic E-state index is 13.5. The molecule has 18 heavy (non-hydrogen) atoms. The third kappa shape index (κ3) is 2.54. The fourth-order valence-corrected chi connectivity index (χ4v) is 4.25. The molecule has 1 aromatic rings. The highest BCUT2D eigenvalue weighted by Gasteiger charge is 2.36. The van der Waals surface area contributed by atoms with Crippen LogP contribution in [0.2, 0.25) is 0 Å². The molecule has 1 aromatic carbocycles. The Balaban J connectivity index is 2.35. The van der Waals surface area contributed by atoms with Crippen LogP contribution in [0.25, 0.3) is 0 Å². The highest BCUT2D eigenvalue weighted by molar-refractivity contribution is 7.92. The van der Waals surface area contributed by atoms with E-state index < -0.39 is 32.8 Å². The van der Waals surface area contributed by atoms with E-state index in [4.69, 9.17) is 0 Å². The molecule has 6 heteroatoms. The van der Waals surface area contributed by atoms with Crippen molar-refractivity contribution in [3.05, 3.63) is 35.4 Å². The van der Waals surface area contributed by atoms with Crippen LogP contribution in [0.3, 0.4) is 0 Å². The molecule has 100 valence electrons. The summed E-state index contributed by atoms with van der Waals surface area (Å²) < 4.78 is 50.2. The summed E-state index contributed by atoms with van der Waals surface area (Å²) in [6, 6.07) is 2.67. The molecule has 0 bridgehead atoms. The summed E-state index contributed by atoms with van der Waals surface area (Å²) in [5, 5.41) is 8.96. The Morgan fingerprint density at radius 1 is 1.28 bits per heavy atom. The highest BCUT2D eigenvalue weighted by atomic mass is 32.2. The average Bonchev–Trinajstić information content (AvgIpc) is 2.31. The van der Waals surface area contributed by atoms with Crippen LogP contribution in [0.1, 0.15) is 30.9 Å². The second-order valence-electron chi connectivity index (χ2n) is 4.51. The number of aliphatic hydroxyl groups excluding tert-OH is 1. The summed E-state index contributed by atoms with van der Waals surface area (Å²) >= 11 is 0. The lowest BCUT2D eigenvalue weighted by atomic mass is 10.0. The molecule has 1 fully saturated rings. The number of rotatable bonds is 2. The van der Waals surface area contributed by atoms with Crippen LogP contribution in [0.15, 0.2) is 18.2 Å². The van der Waals surface area contributed by atoms with E-state index in [9.17, 15) is 22.3 Å². The molecular formula is C12H14F2O3S. The standard InChI is InChI=1S/C12H14F2O3S/c13-8-4-5-10(14)9(7-8)12(15)11-3-1-2-6-18(11,16)17/h4-5,7,11-12,15H,1-3,6H2. The predicted octanol–water partition coefficient (Wildman–Crippen LogP) is 1.97. The smallest absolute Gasteiger partial charge is 0.156 e. The van der Waals surface area contributed by atoms with Crippen LogP contribution < -0.4 is 0 Å². The van der Waals surface area contributed by atoms with E-state index in [1.807, 2.05) is 0 Å².